The van der Waals surface area contributed by atoms with Crippen molar-refractivity contribution in [3.8, 4) is 0 Å². The van der Waals surface area contributed by atoms with Gasteiger partial charge in [0.25, 0.3) is 11.8 Å². The number of fused-ring (bicyclic) bond motifs is 1. The van der Waals surface area contributed by atoms with Crippen molar-refractivity contribution in [2.75, 3.05) is 5.75 Å². The summed E-state index contributed by atoms with van der Waals surface area (Å²) in [7, 11) is 0. The highest BCUT2D eigenvalue weighted by atomic mass is 35.5. The number of carboxylic acids is 1. The van der Waals surface area contributed by atoms with Gasteiger partial charge in [0.2, 0.25) is 0 Å². The molecule has 2 aliphatic heterocycles. The van der Waals surface area contributed by atoms with Crippen LogP contribution >= 0.6 is 23.4 Å². The van der Waals surface area contributed by atoms with E-state index in [0.29, 0.717) is 17.9 Å². The Morgan fingerprint density at radius 2 is 2.25 bits per heavy atom. The maximum absolute atomic E-state index is 12.3. The van der Waals surface area contributed by atoms with Crippen LogP contribution in [0.4, 0.5) is 0 Å². The number of thioether (sulfide) groups is 1. The molecule has 24 heavy (non-hydrogen) atoms. The molecule has 3 heterocycles. The molecule has 1 fully saturated rings. The van der Waals surface area contributed by atoms with E-state index in [-0.39, 0.29) is 16.4 Å². The fourth-order valence-electron chi connectivity index (χ4n) is 2.70. The molecule has 2 N–H and O–H groups in total. The van der Waals surface area contributed by atoms with Crippen LogP contribution in [-0.4, -0.2) is 54.7 Å². The van der Waals surface area contributed by atoms with Gasteiger partial charge in [0.05, 0.1) is 5.02 Å². The van der Waals surface area contributed by atoms with Crippen LogP contribution in [0.5, 0.6) is 0 Å². The number of hydrogen-bond acceptors (Lipinski definition) is 5. The van der Waals surface area contributed by atoms with Gasteiger partial charge in [0.1, 0.15) is 17.1 Å². The van der Waals surface area contributed by atoms with E-state index in [4.69, 9.17) is 11.6 Å². The molecule has 0 radical (unpaired) electrons. The zero-order valence-corrected chi connectivity index (χ0v) is 14.5. The predicted molar refractivity (Wildman–Crippen MR) is 87.6 cm³/mol. The molecule has 0 spiro atoms. The summed E-state index contributed by atoms with van der Waals surface area (Å²) in [6.07, 6.45) is 1.54. The molecule has 0 aromatic carbocycles. The van der Waals surface area contributed by atoms with Crippen LogP contribution in [0.1, 0.15) is 24.3 Å². The molecule has 0 unspecified atom stereocenters. The molecule has 8 nitrogen and oxygen atoms in total. The number of carbonyl (C=O) groups excluding carboxylic acids is 2. The van der Waals surface area contributed by atoms with Crippen molar-refractivity contribution in [2.24, 2.45) is 0 Å². The van der Waals surface area contributed by atoms with Gasteiger partial charge in [0, 0.05) is 18.5 Å². The lowest BCUT2D eigenvalue weighted by Crippen LogP contribution is -2.70. The molecule has 0 aliphatic carbocycles. The standard InChI is InChI=1S/C14H15ClN4O4S/c1-3-18-4-7(15)8(17-18)11(20)16-9-12(21)19-10(14(22)23)6(2)5-24-13(9)19/h4,9,13H,3,5H2,1-2H3,(H,16,20)(H,22,23)/t9-,13+/m1/s1. The number of nitrogens with zero attached hydrogens (tertiary/aromatic N) is 3. The zero-order valence-electron chi connectivity index (χ0n) is 12.9. The van der Waals surface area contributed by atoms with Gasteiger partial charge in [-0.2, -0.15) is 5.10 Å². The summed E-state index contributed by atoms with van der Waals surface area (Å²) < 4.78 is 1.52. The Morgan fingerprint density at radius 3 is 2.83 bits per heavy atom. The largest absolute Gasteiger partial charge is 0.477 e. The minimum absolute atomic E-state index is 0.00235. The van der Waals surface area contributed by atoms with Crippen molar-refractivity contribution in [1.29, 1.82) is 0 Å². The van der Waals surface area contributed by atoms with Crippen molar-refractivity contribution in [2.45, 2.75) is 31.8 Å². The first-order chi connectivity index (χ1) is 11.3. The smallest absolute Gasteiger partial charge is 0.352 e. The number of rotatable bonds is 4. The van der Waals surface area contributed by atoms with Gasteiger partial charge in [-0.25, -0.2) is 4.79 Å². The second kappa shape index (κ2) is 6.14. The lowest BCUT2D eigenvalue weighted by Gasteiger charge is -2.49. The van der Waals surface area contributed by atoms with E-state index in [0.717, 1.165) is 0 Å². The SMILES string of the molecule is CCn1cc(Cl)c(C(=O)N[C@@H]2C(=O)N3C(C(=O)O)=C(C)CS[C@@H]23)n1. The molecule has 1 saturated heterocycles. The Bertz CT molecular complexity index is 775. The number of carbonyl (C=O) groups is 3. The molecule has 0 saturated carbocycles. The molecular weight excluding hydrogens is 356 g/mol. The summed E-state index contributed by atoms with van der Waals surface area (Å²) >= 11 is 7.41. The molecule has 1 aromatic rings. The summed E-state index contributed by atoms with van der Waals surface area (Å²) in [5, 5.41) is 15.7. The number of aryl methyl sites for hydroxylation is 1. The average molecular weight is 371 g/mol. The first kappa shape index (κ1) is 16.8. The number of hydrogen-bond donors (Lipinski definition) is 2. The Labute approximate surface area is 146 Å². The van der Waals surface area contributed by atoms with E-state index in [1.807, 2.05) is 6.92 Å². The van der Waals surface area contributed by atoms with Gasteiger partial charge < -0.3 is 10.4 Å². The van der Waals surface area contributed by atoms with Crippen LogP contribution in [0, 0.1) is 0 Å². The third kappa shape index (κ3) is 2.57. The Kier molecular flexibility index (Phi) is 4.31. The summed E-state index contributed by atoms with van der Waals surface area (Å²) in [6, 6.07) is -0.784. The topological polar surface area (TPSA) is 105 Å². The third-order valence-electron chi connectivity index (χ3n) is 3.90. The van der Waals surface area contributed by atoms with E-state index in [1.165, 1.54) is 27.5 Å². The summed E-state index contributed by atoms with van der Waals surface area (Å²) in [5.74, 6) is -1.63. The molecular formula is C14H15ClN4O4S. The van der Waals surface area contributed by atoms with Crippen molar-refractivity contribution in [3.63, 3.8) is 0 Å². The quantitative estimate of drug-likeness (QED) is 0.764. The molecule has 1 aromatic heterocycles. The van der Waals surface area contributed by atoms with Crippen LogP contribution in [0.25, 0.3) is 0 Å². The lowest BCUT2D eigenvalue weighted by atomic mass is 10.0. The van der Waals surface area contributed by atoms with Crippen molar-refractivity contribution >= 4 is 41.1 Å². The molecule has 128 valence electrons. The number of aromatic nitrogens is 2. The number of amides is 2. The number of nitrogens with one attached hydrogen (secondary N) is 1. The molecule has 3 rings (SSSR count). The van der Waals surface area contributed by atoms with E-state index >= 15 is 0 Å². The van der Waals surface area contributed by atoms with Gasteiger partial charge in [-0.3, -0.25) is 19.2 Å². The van der Waals surface area contributed by atoms with Crippen molar-refractivity contribution in [1.82, 2.24) is 20.0 Å². The zero-order chi connectivity index (χ0) is 17.6. The molecule has 0 bridgehead atoms. The van der Waals surface area contributed by atoms with Crippen LogP contribution < -0.4 is 5.32 Å². The first-order valence-corrected chi connectivity index (χ1v) is 8.69. The molecule has 2 atom stereocenters. The minimum Gasteiger partial charge on any atom is -0.477 e. The molecule has 2 amide bonds. The van der Waals surface area contributed by atoms with Gasteiger partial charge in [-0.05, 0) is 19.4 Å². The Hall–Kier alpha value is -2.00. The van der Waals surface area contributed by atoms with Crippen molar-refractivity contribution < 1.29 is 19.5 Å². The fraction of sp³-hybridized carbons (Fsp3) is 0.429. The molecule has 2 aliphatic rings. The highest BCUT2D eigenvalue weighted by molar-refractivity contribution is 8.00. The number of halogens is 1. The Morgan fingerprint density at radius 1 is 1.54 bits per heavy atom. The van der Waals surface area contributed by atoms with Gasteiger partial charge in [-0.1, -0.05) is 11.6 Å². The van der Waals surface area contributed by atoms with Gasteiger partial charge in [-0.15, -0.1) is 11.8 Å². The summed E-state index contributed by atoms with van der Waals surface area (Å²) in [5.41, 5.74) is 0.685. The summed E-state index contributed by atoms with van der Waals surface area (Å²) in [4.78, 5) is 37.2. The van der Waals surface area contributed by atoms with Crippen LogP contribution in [0.3, 0.4) is 0 Å². The monoisotopic (exact) mass is 370 g/mol. The normalized spacial score (nSPS) is 23.0. The minimum atomic E-state index is -1.14. The lowest BCUT2D eigenvalue weighted by molar-refractivity contribution is -0.148. The van der Waals surface area contributed by atoms with Crippen LogP contribution in [0.15, 0.2) is 17.5 Å². The second-order valence-corrected chi connectivity index (χ2v) is 6.99. The predicted octanol–water partition coefficient (Wildman–Crippen LogP) is 0.928. The first-order valence-electron chi connectivity index (χ1n) is 7.26. The van der Waals surface area contributed by atoms with Crippen LogP contribution in [-0.2, 0) is 16.1 Å². The number of β-lactam (4-membered cyclic amide) rings is 1. The van der Waals surface area contributed by atoms with Gasteiger partial charge in [0.15, 0.2) is 5.69 Å². The number of aliphatic carboxylic acids is 1. The van der Waals surface area contributed by atoms with Gasteiger partial charge >= 0.3 is 5.97 Å². The van der Waals surface area contributed by atoms with Crippen LogP contribution in [0.2, 0.25) is 5.02 Å². The fourth-order valence-corrected chi connectivity index (χ4v) is 4.23. The Balaban J connectivity index is 1.77. The van der Waals surface area contributed by atoms with E-state index < -0.39 is 29.2 Å². The maximum atomic E-state index is 12.3. The number of carboxylic acid groups (broad SMARTS) is 1. The average Bonchev–Trinajstić information content (AvgIpc) is 2.93. The van der Waals surface area contributed by atoms with E-state index in [2.05, 4.69) is 10.4 Å². The van der Waals surface area contributed by atoms with E-state index in [1.54, 1.807) is 6.92 Å². The second-order valence-electron chi connectivity index (χ2n) is 5.48. The summed E-state index contributed by atoms with van der Waals surface area (Å²) in [6.45, 7) is 4.11. The highest BCUT2D eigenvalue weighted by Crippen LogP contribution is 2.40. The van der Waals surface area contributed by atoms with E-state index in [9.17, 15) is 19.5 Å². The molecule has 10 heteroatoms. The maximum Gasteiger partial charge on any atom is 0.352 e. The van der Waals surface area contributed by atoms with Crippen molar-refractivity contribution in [3.05, 3.63) is 28.2 Å². The highest BCUT2D eigenvalue weighted by Gasteiger charge is 2.53. The third-order valence-corrected chi connectivity index (χ3v) is 5.60.